The highest BCUT2D eigenvalue weighted by Gasteiger charge is 2.11. The molecule has 0 spiro atoms. The van der Waals surface area contributed by atoms with Crippen molar-refractivity contribution in [2.75, 3.05) is 39.4 Å². The second-order valence-electron chi connectivity index (χ2n) is 3.50. The van der Waals surface area contributed by atoms with Crippen LogP contribution in [0.4, 0.5) is 0 Å². The first kappa shape index (κ1) is 11.4. The first-order chi connectivity index (χ1) is 7.86. The van der Waals surface area contributed by atoms with Crippen LogP contribution >= 0.6 is 11.7 Å². The molecule has 1 amide bonds. The van der Waals surface area contributed by atoms with Crippen molar-refractivity contribution in [3.63, 3.8) is 0 Å². The van der Waals surface area contributed by atoms with Gasteiger partial charge in [0.1, 0.15) is 0 Å². The smallest absolute Gasteiger partial charge is 0.272 e. The number of hydrogen-bond donors (Lipinski definition) is 1. The molecule has 2 rings (SSSR count). The lowest BCUT2D eigenvalue weighted by Crippen LogP contribution is -2.41. The van der Waals surface area contributed by atoms with Gasteiger partial charge in [-0.1, -0.05) is 0 Å². The molecule has 16 heavy (non-hydrogen) atoms. The van der Waals surface area contributed by atoms with Crippen LogP contribution in [0.3, 0.4) is 0 Å². The number of nitrogens with one attached hydrogen (secondary N) is 1. The number of aromatic nitrogens is 2. The van der Waals surface area contributed by atoms with E-state index in [-0.39, 0.29) is 5.91 Å². The molecule has 1 aromatic rings. The van der Waals surface area contributed by atoms with Crippen LogP contribution in [0.15, 0.2) is 6.20 Å². The Labute approximate surface area is 97.9 Å². The molecule has 88 valence electrons. The van der Waals surface area contributed by atoms with Crippen molar-refractivity contribution >= 4 is 17.6 Å². The largest absolute Gasteiger partial charge is 0.379 e. The Morgan fingerprint density at radius 2 is 2.38 bits per heavy atom. The average molecular weight is 242 g/mol. The monoisotopic (exact) mass is 242 g/mol. The molecule has 0 radical (unpaired) electrons. The number of morpholine rings is 1. The summed E-state index contributed by atoms with van der Waals surface area (Å²) in [7, 11) is 0. The molecule has 0 unspecified atom stereocenters. The molecule has 1 aromatic heterocycles. The molecule has 2 heterocycles. The first-order valence-electron chi connectivity index (χ1n) is 5.22. The maximum absolute atomic E-state index is 11.5. The van der Waals surface area contributed by atoms with Gasteiger partial charge in [-0.25, -0.2) is 0 Å². The van der Waals surface area contributed by atoms with E-state index >= 15 is 0 Å². The standard InChI is InChI=1S/C9H14N4O2S/c14-9(8-7-11-16-12-8)10-1-2-13-3-5-15-6-4-13/h7H,1-6H2,(H,10,14). The maximum Gasteiger partial charge on any atom is 0.272 e. The summed E-state index contributed by atoms with van der Waals surface area (Å²) >= 11 is 1.04. The van der Waals surface area contributed by atoms with Crippen molar-refractivity contribution in [1.82, 2.24) is 19.0 Å². The fourth-order valence-electron chi connectivity index (χ4n) is 1.51. The van der Waals surface area contributed by atoms with Crippen molar-refractivity contribution in [1.29, 1.82) is 0 Å². The second kappa shape index (κ2) is 5.88. The van der Waals surface area contributed by atoms with Gasteiger partial charge in [0.15, 0.2) is 5.69 Å². The summed E-state index contributed by atoms with van der Waals surface area (Å²) in [5.41, 5.74) is 0.395. The van der Waals surface area contributed by atoms with Gasteiger partial charge in [0, 0.05) is 26.2 Å². The highest BCUT2D eigenvalue weighted by molar-refractivity contribution is 6.99. The zero-order valence-electron chi connectivity index (χ0n) is 8.89. The normalized spacial score (nSPS) is 17.2. The van der Waals surface area contributed by atoms with Crippen LogP contribution in [0.1, 0.15) is 10.5 Å². The SMILES string of the molecule is O=C(NCCN1CCOCC1)c1cnsn1. The molecule has 6 nitrogen and oxygen atoms in total. The van der Waals surface area contributed by atoms with Crippen molar-refractivity contribution in [2.45, 2.75) is 0 Å². The molecule has 7 heteroatoms. The van der Waals surface area contributed by atoms with E-state index in [0.29, 0.717) is 12.2 Å². The van der Waals surface area contributed by atoms with Crippen LogP contribution < -0.4 is 5.32 Å². The van der Waals surface area contributed by atoms with Gasteiger partial charge in [0.2, 0.25) is 0 Å². The molecule has 1 aliphatic heterocycles. The van der Waals surface area contributed by atoms with Gasteiger partial charge in [-0.2, -0.15) is 8.75 Å². The fraction of sp³-hybridized carbons (Fsp3) is 0.667. The summed E-state index contributed by atoms with van der Waals surface area (Å²) in [4.78, 5) is 13.8. The third-order valence-corrected chi connectivity index (χ3v) is 2.89. The van der Waals surface area contributed by atoms with Gasteiger partial charge in [-0.15, -0.1) is 0 Å². The van der Waals surface area contributed by atoms with E-state index in [1.807, 2.05) is 0 Å². The molecule has 0 aliphatic carbocycles. The number of ether oxygens (including phenoxy) is 1. The fourth-order valence-corrected chi connectivity index (χ4v) is 1.92. The van der Waals surface area contributed by atoms with Crippen LogP contribution in [0.5, 0.6) is 0 Å². The molecule has 0 bridgehead atoms. The number of rotatable bonds is 4. The first-order valence-corrected chi connectivity index (χ1v) is 5.95. The Balaban J connectivity index is 1.66. The van der Waals surface area contributed by atoms with Crippen LogP contribution in [0.25, 0.3) is 0 Å². The van der Waals surface area contributed by atoms with Crippen LogP contribution in [-0.4, -0.2) is 58.9 Å². The van der Waals surface area contributed by atoms with Gasteiger partial charge in [0.25, 0.3) is 5.91 Å². The number of amides is 1. The zero-order valence-corrected chi connectivity index (χ0v) is 9.70. The molecule has 1 N–H and O–H groups in total. The number of carbonyl (C=O) groups excluding carboxylic acids is 1. The Kier molecular flexibility index (Phi) is 4.20. The number of carbonyl (C=O) groups is 1. The number of nitrogens with zero attached hydrogens (tertiary/aromatic N) is 3. The Hall–Kier alpha value is -1.05. The highest BCUT2D eigenvalue weighted by Crippen LogP contribution is 1.96. The van der Waals surface area contributed by atoms with Gasteiger partial charge in [-0.05, 0) is 0 Å². The topological polar surface area (TPSA) is 67.4 Å². The molecule has 1 saturated heterocycles. The van der Waals surface area contributed by atoms with Crippen molar-refractivity contribution < 1.29 is 9.53 Å². The summed E-state index contributed by atoms with van der Waals surface area (Å²) in [6, 6.07) is 0. The molecule has 0 atom stereocenters. The minimum atomic E-state index is -0.151. The summed E-state index contributed by atoms with van der Waals surface area (Å²) < 4.78 is 12.9. The zero-order chi connectivity index (χ0) is 11.2. The lowest BCUT2D eigenvalue weighted by molar-refractivity contribution is 0.0383. The van der Waals surface area contributed by atoms with E-state index < -0.39 is 0 Å². The quantitative estimate of drug-likeness (QED) is 0.778. The van der Waals surface area contributed by atoms with Gasteiger partial charge in [-0.3, -0.25) is 9.69 Å². The Bertz CT molecular complexity index is 324. The van der Waals surface area contributed by atoms with Crippen LogP contribution in [0.2, 0.25) is 0 Å². The summed E-state index contributed by atoms with van der Waals surface area (Å²) in [6.07, 6.45) is 1.48. The van der Waals surface area contributed by atoms with Crippen molar-refractivity contribution in [2.24, 2.45) is 0 Å². The third kappa shape index (κ3) is 3.22. The predicted octanol–water partition coefficient (Wildman–Crippen LogP) is -0.400. The summed E-state index contributed by atoms with van der Waals surface area (Å²) in [5, 5.41) is 2.82. The second-order valence-corrected chi connectivity index (χ2v) is 4.06. The van der Waals surface area contributed by atoms with E-state index in [4.69, 9.17) is 4.74 Å². The molecular weight excluding hydrogens is 228 g/mol. The molecule has 0 aromatic carbocycles. The minimum Gasteiger partial charge on any atom is -0.379 e. The lowest BCUT2D eigenvalue weighted by Gasteiger charge is -2.26. The Morgan fingerprint density at radius 1 is 1.56 bits per heavy atom. The van der Waals surface area contributed by atoms with Crippen molar-refractivity contribution in [3.8, 4) is 0 Å². The average Bonchev–Trinajstić information content (AvgIpc) is 2.84. The van der Waals surface area contributed by atoms with E-state index in [1.54, 1.807) is 0 Å². The van der Waals surface area contributed by atoms with Gasteiger partial charge in [0.05, 0.1) is 31.1 Å². The molecule has 1 fully saturated rings. The summed E-state index contributed by atoms with van der Waals surface area (Å²) in [6.45, 7) is 4.93. The third-order valence-electron chi connectivity index (χ3n) is 2.41. The lowest BCUT2D eigenvalue weighted by atomic mass is 10.4. The highest BCUT2D eigenvalue weighted by atomic mass is 32.1. The van der Waals surface area contributed by atoms with E-state index in [9.17, 15) is 4.79 Å². The van der Waals surface area contributed by atoms with E-state index in [1.165, 1.54) is 6.20 Å². The summed E-state index contributed by atoms with van der Waals surface area (Å²) in [5.74, 6) is -0.151. The van der Waals surface area contributed by atoms with Crippen molar-refractivity contribution in [3.05, 3.63) is 11.9 Å². The van der Waals surface area contributed by atoms with Gasteiger partial charge < -0.3 is 10.1 Å². The minimum absolute atomic E-state index is 0.151. The Morgan fingerprint density at radius 3 is 3.06 bits per heavy atom. The van der Waals surface area contributed by atoms with E-state index in [2.05, 4.69) is 19.0 Å². The van der Waals surface area contributed by atoms with Crippen LogP contribution in [0, 0.1) is 0 Å². The van der Waals surface area contributed by atoms with Gasteiger partial charge >= 0.3 is 0 Å². The number of hydrogen-bond acceptors (Lipinski definition) is 6. The van der Waals surface area contributed by atoms with Crippen LogP contribution in [-0.2, 0) is 4.74 Å². The predicted molar refractivity (Wildman–Crippen MR) is 59.5 cm³/mol. The maximum atomic E-state index is 11.5. The molecule has 1 aliphatic rings. The molecular formula is C9H14N4O2S. The van der Waals surface area contributed by atoms with E-state index in [0.717, 1.165) is 44.6 Å². The molecule has 0 saturated carbocycles.